The number of aromatic nitrogens is 3. The maximum absolute atomic E-state index is 12.1. The molecule has 6 rings (SSSR count). The number of Topliss-reactive ketones (excluding diaryl/α,β-unsaturated/α-hetero) is 1. The number of ether oxygens (including phenoxy) is 2. The molecule has 0 radical (unpaired) electrons. The fraction of sp³-hybridized carbons (Fsp3) is 0.320. The summed E-state index contributed by atoms with van der Waals surface area (Å²) in [6.07, 6.45) is 6.46. The minimum Gasteiger partial charge on any atom is -0.454 e. The maximum Gasteiger partial charge on any atom is 0.231 e. The Morgan fingerprint density at radius 1 is 1.10 bits per heavy atom. The molecule has 2 aliphatic heterocycles. The van der Waals surface area contributed by atoms with Gasteiger partial charge in [0.15, 0.2) is 11.5 Å². The van der Waals surface area contributed by atoms with Crippen LogP contribution >= 0.6 is 0 Å². The molecule has 1 aromatic carbocycles. The van der Waals surface area contributed by atoms with Gasteiger partial charge in [0.1, 0.15) is 17.3 Å². The van der Waals surface area contributed by atoms with Gasteiger partial charge in [-0.3, -0.25) is 9.78 Å². The highest BCUT2D eigenvalue weighted by Gasteiger charge is 2.35. The van der Waals surface area contributed by atoms with E-state index in [9.17, 15) is 4.79 Å². The normalized spacial score (nSPS) is 21.5. The van der Waals surface area contributed by atoms with Crippen molar-refractivity contribution in [2.75, 3.05) is 6.79 Å². The number of aryl methyl sites for hydroxylation is 1. The average Bonchev–Trinajstić information content (AvgIpc) is 3.34. The monoisotopic (exact) mass is 413 g/mol. The zero-order chi connectivity index (χ0) is 20.9. The highest BCUT2D eigenvalue weighted by molar-refractivity contribution is 5.81. The number of carbonyl (C=O) groups excluding carboxylic acids is 1. The van der Waals surface area contributed by atoms with E-state index in [1.54, 1.807) is 0 Å². The Morgan fingerprint density at radius 3 is 2.90 bits per heavy atom. The summed E-state index contributed by atoms with van der Waals surface area (Å²) in [6.45, 7) is 2.96. The van der Waals surface area contributed by atoms with E-state index < -0.39 is 0 Å². The Labute approximate surface area is 180 Å². The van der Waals surface area contributed by atoms with Gasteiger partial charge in [-0.05, 0) is 49.6 Å². The highest BCUT2D eigenvalue weighted by atomic mass is 16.7. The number of pyridine rings is 1. The summed E-state index contributed by atoms with van der Waals surface area (Å²) in [5.74, 6) is 3.37. The molecule has 2 aromatic heterocycles. The fourth-order valence-corrected chi connectivity index (χ4v) is 5.03. The Hall–Kier alpha value is -3.41. The number of carbonyl (C=O) groups is 1. The molecule has 31 heavy (non-hydrogen) atoms. The lowest BCUT2D eigenvalue weighted by molar-refractivity contribution is -0.121. The first-order valence-electron chi connectivity index (χ1n) is 10.8. The van der Waals surface area contributed by atoms with Crippen molar-refractivity contribution in [2.45, 2.75) is 38.6 Å². The standard InChI is InChI=1S/C25H23N3O3/c1-15-4-2-6-20(26-15)23-24(17-7-10-21-22(13-17)31-14-30-21)28-11-3-5-16-12-18(29)8-9-19(16)25(28)27-23/h2-7,10,13,16,19H,8-9,11-12,14H2,1H3/t16-,19-/m0/s1. The van der Waals surface area contributed by atoms with Crippen LogP contribution in [-0.2, 0) is 11.3 Å². The van der Waals surface area contributed by atoms with Crippen LogP contribution in [0.5, 0.6) is 11.5 Å². The molecule has 0 unspecified atom stereocenters. The predicted octanol–water partition coefficient (Wildman–Crippen LogP) is 4.67. The molecule has 0 N–H and O–H groups in total. The van der Waals surface area contributed by atoms with Crippen molar-refractivity contribution >= 4 is 5.78 Å². The van der Waals surface area contributed by atoms with Crippen LogP contribution in [0.2, 0.25) is 0 Å². The number of fused-ring (bicyclic) bond motifs is 4. The molecule has 1 aliphatic carbocycles. The van der Waals surface area contributed by atoms with Gasteiger partial charge in [-0.2, -0.15) is 0 Å². The number of allylic oxidation sites excluding steroid dienone is 2. The number of imidazole rings is 1. The first-order valence-corrected chi connectivity index (χ1v) is 10.8. The first-order chi connectivity index (χ1) is 15.2. The van der Waals surface area contributed by atoms with Gasteiger partial charge in [0.25, 0.3) is 0 Å². The van der Waals surface area contributed by atoms with Crippen molar-refractivity contribution in [1.82, 2.24) is 14.5 Å². The molecule has 156 valence electrons. The second kappa shape index (κ2) is 7.08. The van der Waals surface area contributed by atoms with Gasteiger partial charge in [0.2, 0.25) is 6.79 Å². The third kappa shape index (κ3) is 3.05. The minimum atomic E-state index is 0.216. The van der Waals surface area contributed by atoms with Crippen LogP contribution in [-0.4, -0.2) is 27.1 Å². The molecule has 3 aliphatic rings. The summed E-state index contributed by atoms with van der Waals surface area (Å²) in [6, 6.07) is 12.1. The number of hydrogen-bond acceptors (Lipinski definition) is 5. The summed E-state index contributed by atoms with van der Waals surface area (Å²) in [5.41, 5.74) is 4.76. The van der Waals surface area contributed by atoms with Crippen molar-refractivity contribution in [2.24, 2.45) is 5.92 Å². The van der Waals surface area contributed by atoms with Crippen LogP contribution in [0.1, 0.15) is 36.7 Å². The van der Waals surface area contributed by atoms with Gasteiger partial charge < -0.3 is 14.0 Å². The molecule has 1 saturated carbocycles. The van der Waals surface area contributed by atoms with E-state index in [0.29, 0.717) is 18.6 Å². The van der Waals surface area contributed by atoms with E-state index in [1.807, 2.05) is 37.3 Å². The molecule has 6 nitrogen and oxygen atoms in total. The number of rotatable bonds is 2. The molecule has 0 amide bonds. The molecule has 2 atom stereocenters. The van der Waals surface area contributed by atoms with Gasteiger partial charge in [-0.15, -0.1) is 0 Å². The highest BCUT2D eigenvalue weighted by Crippen LogP contribution is 2.44. The van der Waals surface area contributed by atoms with Crippen LogP contribution in [0.25, 0.3) is 22.6 Å². The van der Waals surface area contributed by atoms with Gasteiger partial charge in [-0.25, -0.2) is 4.98 Å². The molecule has 1 fully saturated rings. The lowest BCUT2D eigenvalue weighted by atomic mass is 9.78. The van der Waals surface area contributed by atoms with Gasteiger partial charge in [0.05, 0.1) is 11.4 Å². The van der Waals surface area contributed by atoms with Crippen LogP contribution in [0.3, 0.4) is 0 Å². The zero-order valence-corrected chi connectivity index (χ0v) is 17.4. The molecule has 4 heterocycles. The maximum atomic E-state index is 12.1. The van der Waals surface area contributed by atoms with E-state index in [-0.39, 0.29) is 18.6 Å². The summed E-state index contributed by atoms with van der Waals surface area (Å²) in [4.78, 5) is 22.1. The molecule has 0 bridgehead atoms. The van der Waals surface area contributed by atoms with Crippen molar-refractivity contribution in [1.29, 1.82) is 0 Å². The van der Waals surface area contributed by atoms with Gasteiger partial charge in [-0.1, -0.05) is 18.2 Å². The lowest BCUT2D eigenvalue weighted by Gasteiger charge is -2.27. The van der Waals surface area contributed by atoms with E-state index >= 15 is 0 Å². The quantitative estimate of drug-likeness (QED) is 0.571. The smallest absolute Gasteiger partial charge is 0.231 e. The summed E-state index contributed by atoms with van der Waals surface area (Å²) in [5, 5.41) is 0. The van der Waals surface area contributed by atoms with Crippen LogP contribution < -0.4 is 9.47 Å². The Kier molecular flexibility index (Phi) is 4.19. The minimum absolute atomic E-state index is 0.216. The SMILES string of the molecule is Cc1cccc(-c2nc3n(c2-c2ccc4c(c2)OCO4)CC=C[C@H]2CC(=O)CC[C@H]32)n1. The summed E-state index contributed by atoms with van der Waals surface area (Å²) in [7, 11) is 0. The third-order valence-electron chi connectivity index (χ3n) is 6.49. The molecule has 3 aromatic rings. The van der Waals surface area contributed by atoms with Crippen molar-refractivity contribution in [3.63, 3.8) is 0 Å². The Morgan fingerprint density at radius 2 is 2.00 bits per heavy atom. The third-order valence-corrected chi connectivity index (χ3v) is 6.49. The van der Waals surface area contributed by atoms with Crippen LogP contribution in [0.4, 0.5) is 0 Å². The average molecular weight is 413 g/mol. The summed E-state index contributed by atoms with van der Waals surface area (Å²) >= 11 is 0. The second-order valence-corrected chi connectivity index (χ2v) is 8.49. The number of nitrogens with zero attached hydrogens (tertiary/aromatic N) is 3. The van der Waals surface area contributed by atoms with Crippen molar-refractivity contribution < 1.29 is 14.3 Å². The molecular formula is C25H23N3O3. The van der Waals surface area contributed by atoms with Crippen LogP contribution in [0.15, 0.2) is 48.6 Å². The fourth-order valence-electron chi connectivity index (χ4n) is 5.03. The van der Waals surface area contributed by atoms with Gasteiger partial charge >= 0.3 is 0 Å². The lowest BCUT2D eigenvalue weighted by Crippen LogP contribution is -2.23. The largest absolute Gasteiger partial charge is 0.454 e. The van der Waals surface area contributed by atoms with Crippen molar-refractivity contribution in [3.8, 4) is 34.1 Å². The van der Waals surface area contributed by atoms with Crippen molar-refractivity contribution in [3.05, 3.63) is 60.1 Å². The number of benzene rings is 1. The topological polar surface area (TPSA) is 66.2 Å². The number of hydrogen-bond donors (Lipinski definition) is 0. The predicted molar refractivity (Wildman–Crippen MR) is 116 cm³/mol. The zero-order valence-electron chi connectivity index (χ0n) is 17.4. The number of ketones is 1. The van der Waals surface area contributed by atoms with E-state index in [4.69, 9.17) is 19.4 Å². The summed E-state index contributed by atoms with van der Waals surface area (Å²) < 4.78 is 13.5. The van der Waals surface area contributed by atoms with Crippen LogP contribution in [0, 0.1) is 12.8 Å². The molecular weight excluding hydrogens is 390 g/mol. The Balaban J connectivity index is 1.57. The Bertz CT molecular complexity index is 1230. The molecule has 6 heteroatoms. The first kappa shape index (κ1) is 18.4. The molecule has 0 spiro atoms. The van der Waals surface area contributed by atoms with Gasteiger partial charge in [0, 0.05) is 36.6 Å². The van der Waals surface area contributed by atoms with E-state index in [0.717, 1.165) is 58.6 Å². The second-order valence-electron chi connectivity index (χ2n) is 8.49. The van der Waals surface area contributed by atoms with E-state index in [2.05, 4.69) is 22.8 Å². The van der Waals surface area contributed by atoms with E-state index in [1.165, 1.54) is 0 Å². The molecule has 0 saturated heterocycles.